The first kappa shape index (κ1) is 17.3. The number of hydrogen-bond donors (Lipinski definition) is 0. The van der Waals surface area contributed by atoms with Crippen LogP contribution in [0.2, 0.25) is 0 Å². The summed E-state index contributed by atoms with van der Waals surface area (Å²) in [7, 11) is 3.28. The fourth-order valence-corrected chi connectivity index (χ4v) is 3.27. The molecule has 25 heavy (non-hydrogen) atoms. The van der Waals surface area contributed by atoms with Crippen LogP contribution in [0.5, 0.6) is 11.5 Å². The van der Waals surface area contributed by atoms with Crippen LogP contribution >= 0.6 is 0 Å². The molecule has 1 aliphatic rings. The molecule has 0 spiro atoms. The van der Waals surface area contributed by atoms with Gasteiger partial charge in [-0.3, -0.25) is 4.79 Å². The molecule has 0 aliphatic heterocycles. The lowest BCUT2D eigenvalue weighted by atomic mass is 9.86. The predicted octanol–water partition coefficient (Wildman–Crippen LogP) is 5.16. The molecule has 1 atom stereocenters. The molecule has 3 nitrogen and oxygen atoms in total. The van der Waals surface area contributed by atoms with Gasteiger partial charge in [0.05, 0.1) is 14.2 Å². The molecule has 1 unspecified atom stereocenters. The zero-order valence-electron chi connectivity index (χ0n) is 14.8. The van der Waals surface area contributed by atoms with Crippen LogP contribution in [0.4, 0.5) is 0 Å². The molecule has 130 valence electrons. The highest BCUT2D eigenvalue weighted by atomic mass is 16.5. The second kappa shape index (κ2) is 7.56. The van der Waals surface area contributed by atoms with Crippen molar-refractivity contribution in [3.05, 3.63) is 60.7 Å². The standard InChI is InChI=1S/C22H24O3/c1-4-5-19(15-6-7-15)22(23)20-13-12-18(25-3)14-21(20)16-8-10-17(24-2)11-9-16/h4,8-15,19H,1,5-7H2,2-3H3. The smallest absolute Gasteiger partial charge is 0.167 e. The van der Waals surface area contributed by atoms with Gasteiger partial charge < -0.3 is 9.47 Å². The van der Waals surface area contributed by atoms with Gasteiger partial charge in [-0.15, -0.1) is 6.58 Å². The van der Waals surface area contributed by atoms with Crippen LogP contribution in [0.3, 0.4) is 0 Å². The highest BCUT2D eigenvalue weighted by molar-refractivity contribution is 6.04. The second-order valence-corrected chi connectivity index (χ2v) is 6.47. The number of carbonyl (C=O) groups is 1. The summed E-state index contributed by atoms with van der Waals surface area (Å²) in [6.45, 7) is 3.83. The largest absolute Gasteiger partial charge is 0.497 e. The number of rotatable bonds is 8. The number of carbonyl (C=O) groups excluding carboxylic acids is 1. The minimum atomic E-state index is 0.0305. The van der Waals surface area contributed by atoms with Crippen LogP contribution in [0, 0.1) is 11.8 Å². The zero-order valence-corrected chi connectivity index (χ0v) is 14.8. The van der Waals surface area contributed by atoms with E-state index in [1.807, 2.05) is 48.5 Å². The van der Waals surface area contributed by atoms with Crippen molar-refractivity contribution in [2.75, 3.05) is 14.2 Å². The average molecular weight is 336 g/mol. The van der Waals surface area contributed by atoms with Gasteiger partial charge in [0.2, 0.25) is 0 Å². The van der Waals surface area contributed by atoms with E-state index in [1.165, 1.54) is 0 Å². The lowest BCUT2D eigenvalue weighted by Crippen LogP contribution is -2.17. The van der Waals surface area contributed by atoms with Gasteiger partial charge in [-0.25, -0.2) is 0 Å². The van der Waals surface area contributed by atoms with Crippen molar-refractivity contribution in [3.8, 4) is 22.6 Å². The van der Waals surface area contributed by atoms with Crippen molar-refractivity contribution in [1.82, 2.24) is 0 Å². The van der Waals surface area contributed by atoms with Crippen molar-refractivity contribution in [1.29, 1.82) is 0 Å². The van der Waals surface area contributed by atoms with E-state index in [9.17, 15) is 4.79 Å². The Balaban J connectivity index is 2.02. The van der Waals surface area contributed by atoms with E-state index in [0.29, 0.717) is 5.92 Å². The molecule has 0 heterocycles. The lowest BCUT2D eigenvalue weighted by molar-refractivity contribution is 0.0906. The Morgan fingerprint density at radius 3 is 2.32 bits per heavy atom. The van der Waals surface area contributed by atoms with Crippen LogP contribution in [0.25, 0.3) is 11.1 Å². The fraction of sp³-hybridized carbons (Fsp3) is 0.318. The minimum absolute atomic E-state index is 0.0305. The fourth-order valence-electron chi connectivity index (χ4n) is 3.27. The number of ketones is 1. The van der Waals surface area contributed by atoms with E-state index in [2.05, 4.69) is 6.58 Å². The third-order valence-electron chi connectivity index (χ3n) is 4.84. The van der Waals surface area contributed by atoms with E-state index in [1.54, 1.807) is 14.2 Å². The van der Waals surface area contributed by atoms with Gasteiger partial charge in [0, 0.05) is 11.5 Å². The predicted molar refractivity (Wildman–Crippen MR) is 100 cm³/mol. The first-order valence-electron chi connectivity index (χ1n) is 8.65. The molecule has 0 radical (unpaired) electrons. The number of ether oxygens (including phenoxy) is 2. The molecule has 0 aromatic heterocycles. The number of hydrogen-bond acceptors (Lipinski definition) is 3. The highest BCUT2D eigenvalue weighted by Crippen LogP contribution is 2.42. The zero-order chi connectivity index (χ0) is 17.8. The molecule has 3 heteroatoms. The maximum atomic E-state index is 13.2. The molecule has 0 bridgehead atoms. The van der Waals surface area contributed by atoms with Crippen molar-refractivity contribution in [2.45, 2.75) is 19.3 Å². The summed E-state index contributed by atoms with van der Waals surface area (Å²) >= 11 is 0. The summed E-state index contributed by atoms with van der Waals surface area (Å²) in [5, 5.41) is 0. The summed E-state index contributed by atoms with van der Waals surface area (Å²) in [6.07, 6.45) is 4.87. The molecule has 2 aromatic rings. The minimum Gasteiger partial charge on any atom is -0.497 e. The quantitative estimate of drug-likeness (QED) is 0.493. The summed E-state index contributed by atoms with van der Waals surface area (Å²) in [4.78, 5) is 13.2. The molecular formula is C22H24O3. The van der Waals surface area contributed by atoms with E-state index < -0.39 is 0 Å². The third-order valence-corrected chi connectivity index (χ3v) is 4.84. The molecular weight excluding hydrogens is 312 g/mol. The summed E-state index contributed by atoms with van der Waals surface area (Å²) in [5.41, 5.74) is 2.64. The topological polar surface area (TPSA) is 35.5 Å². The van der Waals surface area contributed by atoms with Crippen molar-refractivity contribution in [3.63, 3.8) is 0 Å². The molecule has 0 saturated heterocycles. The third kappa shape index (κ3) is 3.76. The summed E-state index contributed by atoms with van der Waals surface area (Å²) in [6, 6.07) is 13.5. The SMILES string of the molecule is C=CCC(C(=O)c1ccc(OC)cc1-c1ccc(OC)cc1)C1CC1. The van der Waals surface area contributed by atoms with Gasteiger partial charge in [-0.2, -0.15) is 0 Å². The Morgan fingerprint density at radius 1 is 1.12 bits per heavy atom. The van der Waals surface area contributed by atoms with Gasteiger partial charge in [-0.05, 0) is 66.6 Å². The van der Waals surface area contributed by atoms with E-state index >= 15 is 0 Å². The normalized spacial score (nSPS) is 14.6. The molecule has 1 fully saturated rings. The van der Waals surface area contributed by atoms with Crippen LogP contribution in [-0.2, 0) is 0 Å². The van der Waals surface area contributed by atoms with E-state index in [-0.39, 0.29) is 11.7 Å². The lowest BCUT2D eigenvalue weighted by Gasteiger charge is -2.17. The Hall–Kier alpha value is -2.55. The molecule has 0 N–H and O–H groups in total. The molecule has 0 amide bonds. The maximum Gasteiger partial charge on any atom is 0.167 e. The monoisotopic (exact) mass is 336 g/mol. The van der Waals surface area contributed by atoms with Gasteiger partial charge in [-0.1, -0.05) is 18.2 Å². The molecule has 3 rings (SSSR count). The van der Waals surface area contributed by atoms with Gasteiger partial charge in [0.15, 0.2) is 5.78 Å². The van der Waals surface area contributed by atoms with Gasteiger partial charge in [0.25, 0.3) is 0 Å². The Labute approximate surface area is 149 Å². The molecule has 1 aliphatic carbocycles. The summed E-state index contributed by atoms with van der Waals surface area (Å²) in [5.74, 6) is 2.27. The number of allylic oxidation sites excluding steroid dienone is 1. The Kier molecular flexibility index (Phi) is 5.22. The van der Waals surface area contributed by atoms with Gasteiger partial charge in [0.1, 0.15) is 11.5 Å². The highest BCUT2D eigenvalue weighted by Gasteiger charge is 2.36. The number of Topliss-reactive ketones (excluding diaryl/α,β-unsaturated/α-hetero) is 1. The second-order valence-electron chi connectivity index (χ2n) is 6.47. The Bertz CT molecular complexity index is 757. The number of methoxy groups -OCH3 is 2. The van der Waals surface area contributed by atoms with Crippen LogP contribution < -0.4 is 9.47 Å². The van der Waals surface area contributed by atoms with Crippen LogP contribution in [0.1, 0.15) is 29.6 Å². The first-order valence-corrected chi connectivity index (χ1v) is 8.65. The van der Waals surface area contributed by atoms with Crippen LogP contribution in [0.15, 0.2) is 55.1 Å². The average Bonchev–Trinajstić information content (AvgIpc) is 3.50. The summed E-state index contributed by atoms with van der Waals surface area (Å²) < 4.78 is 10.6. The Morgan fingerprint density at radius 2 is 1.76 bits per heavy atom. The van der Waals surface area contributed by atoms with E-state index in [4.69, 9.17) is 9.47 Å². The van der Waals surface area contributed by atoms with E-state index in [0.717, 1.165) is 47.5 Å². The van der Waals surface area contributed by atoms with Crippen molar-refractivity contribution >= 4 is 5.78 Å². The maximum absolute atomic E-state index is 13.2. The number of benzene rings is 2. The van der Waals surface area contributed by atoms with Crippen molar-refractivity contribution in [2.24, 2.45) is 11.8 Å². The molecule has 1 saturated carbocycles. The molecule has 2 aromatic carbocycles. The van der Waals surface area contributed by atoms with Crippen molar-refractivity contribution < 1.29 is 14.3 Å². The van der Waals surface area contributed by atoms with Crippen LogP contribution in [-0.4, -0.2) is 20.0 Å². The first-order chi connectivity index (χ1) is 12.2. The van der Waals surface area contributed by atoms with Gasteiger partial charge >= 0.3 is 0 Å².